The van der Waals surface area contributed by atoms with E-state index in [4.69, 9.17) is 5.11 Å². The Morgan fingerprint density at radius 3 is 2.84 bits per heavy atom. The van der Waals surface area contributed by atoms with Gasteiger partial charge in [0.1, 0.15) is 6.54 Å². The Morgan fingerprint density at radius 1 is 1.53 bits per heavy atom. The predicted molar refractivity (Wildman–Crippen MR) is 66.5 cm³/mol. The molecule has 0 bridgehead atoms. The van der Waals surface area contributed by atoms with Crippen molar-refractivity contribution in [2.45, 2.75) is 26.8 Å². The van der Waals surface area contributed by atoms with Crippen molar-refractivity contribution in [1.82, 2.24) is 19.9 Å². The Hall–Kier alpha value is -1.92. The van der Waals surface area contributed by atoms with Gasteiger partial charge in [-0.05, 0) is 18.3 Å². The molecule has 0 saturated carbocycles. The Kier molecular flexibility index (Phi) is 3.82. The standard InChI is InChI=1S/C12H18N4O3/c1-8(2)9-3-4-15(5-9)12(19)10-6-16(14-13-10)7-11(17)18/h6,8-9H,3-5,7H2,1-2H3,(H,17,18). The molecule has 1 saturated heterocycles. The normalized spacial score (nSPS) is 19.1. The van der Waals surface area contributed by atoms with Crippen LogP contribution in [0.25, 0.3) is 0 Å². The Balaban J connectivity index is 2.00. The average molecular weight is 266 g/mol. The minimum atomic E-state index is -1.01. The van der Waals surface area contributed by atoms with Crippen LogP contribution in [-0.4, -0.2) is 50.0 Å². The van der Waals surface area contributed by atoms with Crippen molar-refractivity contribution in [3.63, 3.8) is 0 Å². The van der Waals surface area contributed by atoms with Gasteiger partial charge in [-0.25, -0.2) is 4.68 Å². The Morgan fingerprint density at radius 2 is 2.26 bits per heavy atom. The van der Waals surface area contributed by atoms with Crippen LogP contribution in [0.3, 0.4) is 0 Å². The van der Waals surface area contributed by atoms with E-state index in [-0.39, 0.29) is 18.1 Å². The second-order valence-electron chi connectivity index (χ2n) is 5.24. The SMILES string of the molecule is CC(C)C1CCN(C(=O)c2cn(CC(=O)O)nn2)C1. The van der Waals surface area contributed by atoms with Gasteiger partial charge >= 0.3 is 5.97 Å². The van der Waals surface area contributed by atoms with Crippen LogP contribution in [0, 0.1) is 11.8 Å². The number of carbonyl (C=O) groups excluding carboxylic acids is 1. The third kappa shape index (κ3) is 3.10. The molecule has 2 rings (SSSR count). The van der Waals surface area contributed by atoms with Gasteiger partial charge in [-0.15, -0.1) is 5.10 Å². The maximum atomic E-state index is 12.2. The number of carboxylic acids is 1. The first-order valence-corrected chi connectivity index (χ1v) is 6.38. The zero-order chi connectivity index (χ0) is 14.0. The first kappa shape index (κ1) is 13.5. The lowest BCUT2D eigenvalue weighted by atomic mass is 9.95. The summed E-state index contributed by atoms with van der Waals surface area (Å²) in [6.07, 6.45) is 2.39. The Labute approximate surface area is 111 Å². The molecule has 2 heterocycles. The van der Waals surface area contributed by atoms with E-state index in [1.54, 1.807) is 4.90 Å². The first-order valence-electron chi connectivity index (χ1n) is 6.38. The molecule has 1 amide bonds. The van der Waals surface area contributed by atoms with Crippen molar-refractivity contribution in [1.29, 1.82) is 0 Å². The summed E-state index contributed by atoms with van der Waals surface area (Å²) in [4.78, 5) is 24.5. The van der Waals surface area contributed by atoms with Crippen molar-refractivity contribution in [2.24, 2.45) is 11.8 Å². The van der Waals surface area contributed by atoms with E-state index >= 15 is 0 Å². The number of aliphatic carboxylic acids is 1. The van der Waals surface area contributed by atoms with Crippen LogP contribution in [0.5, 0.6) is 0 Å². The minimum Gasteiger partial charge on any atom is -0.480 e. The van der Waals surface area contributed by atoms with Gasteiger partial charge in [-0.1, -0.05) is 19.1 Å². The van der Waals surface area contributed by atoms with Crippen LogP contribution < -0.4 is 0 Å². The monoisotopic (exact) mass is 266 g/mol. The van der Waals surface area contributed by atoms with Crippen molar-refractivity contribution in [3.8, 4) is 0 Å². The number of nitrogens with zero attached hydrogens (tertiary/aromatic N) is 4. The van der Waals surface area contributed by atoms with E-state index in [0.29, 0.717) is 11.8 Å². The summed E-state index contributed by atoms with van der Waals surface area (Å²) in [7, 11) is 0. The molecule has 7 heteroatoms. The number of carboxylic acid groups (broad SMARTS) is 1. The summed E-state index contributed by atoms with van der Waals surface area (Å²) in [5, 5.41) is 16.0. The van der Waals surface area contributed by atoms with Crippen molar-refractivity contribution >= 4 is 11.9 Å². The number of likely N-dealkylation sites (tertiary alicyclic amines) is 1. The molecule has 1 aromatic rings. The topological polar surface area (TPSA) is 88.3 Å². The number of hydrogen-bond acceptors (Lipinski definition) is 4. The van der Waals surface area contributed by atoms with E-state index in [9.17, 15) is 9.59 Å². The van der Waals surface area contributed by atoms with Crippen LogP contribution in [0.2, 0.25) is 0 Å². The third-order valence-electron chi connectivity index (χ3n) is 3.51. The van der Waals surface area contributed by atoms with Crippen LogP contribution in [0.15, 0.2) is 6.20 Å². The van der Waals surface area contributed by atoms with E-state index in [0.717, 1.165) is 24.2 Å². The molecule has 1 aromatic heterocycles. The van der Waals surface area contributed by atoms with Gasteiger partial charge < -0.3 is 10.0 Å². The zero-order valence-electron chi connectivity index (χ0n) is 11.1. The van der Waals surface area contributed by atoms with Gasteiger partial charge in [0.2, 0.25) is 0 Å². The van der Waals surface area contributed by atoms with Crippen molar-refractivity contribution in [2.75, 3.05) is 13.1 Å². The molecule has 1 fully saturated rings. The fourth-order valence-corrected chi connectivity index (χ4v) is 2.29. The average Bonchev–Trinajstić information content (AvgIpc) is 2.95. The first-order chi connectivity index (χ1) is 8.97. The predicted octanol–water partition coefficient (Wildman–Crippen LogP) is 0.481. The second-order valence-corrected chi connectivity index (χ2v) is 5.24. The maximum absolute atomic E-state index is 12.2. The van der Waals surface area contributed by atoms with Crippen molar-refractivity contribution < 1.29 is 14.7 Å². The van der Waals surface area contributed by atoms with Crippen LogP contribution in [0.4, 0.5) is 0 Å². The summed E-state index contributed by atoms with van der Waals surface area (Å²) >= 11 is 0. The van der Waals surface area contributed by atoms with Gasteiger partial charge in [0, 0.05) is 13.1 Å². The Bertz CT molecular complexity index is 483. The molecule has 0 aliphatic carbocycles. The van der Waals surface area contributed by atoms with Crippen LogP contribution in [-0.2, 0) is 11.3 Å². The highest BCUT2D eigenvalue weighted by atomic mass is 16.4. The summed E-state index contributed by atoms with van der Waals surface area (Å²) in [6.45, 7) is 5.49. The zero-order valence-corrected chi connectivity index (χ0v) is 11.1. The lowest BCUT2D eigenvalue weighted by molar-refractivity contribution is -0.137. The largest absolute Gasteiger partial charge is 0.480 e. The molecule has 1 unspecified atom stereocenters. The van der Waals surface area contributed by atoms with Gasteiger partial charge in [0.05, 0.1) is 6.20 Å². The highest BCUT2D eigenvalue weighted by Crippen LogP contribution is 2.24. The second kappa shape index (κ2) is 5.38. The number of hydrogen-bond donors (Lipinski definition) is 1. The van der Waals surface area contributed by atoms with E-state index in [1.807, 2.05) is 0 Å². The molecule has 7 nitrogen and oxygen atoms in total. The quantitative estimate of drug-likeness (QED) is 0.856. The highest BCUT2D eigenvalue weighted by molar-refractivity contribution is 5.92. The molecule has 1 aliphatic heterocycles. The van der Waals surface area contributed by atoms with Gasteiger partial charge in [-0.2, -0.15) is 0 Å². The molecular formula is C12H18N4O3. The number of amides is 1. The summed E-state index contributed by atoms with van der Waals surface area (Å²) < 4.78 is 1.16. The van der Waals surface area contributed by atoms with Crippen molar-refractivity contribution in [3.05, 3.63) is 11.9 Å². The molecule has 104 valence electrons. The molecule has 1 atom stereocenters. The van der Waals surface area contributed by atoms with Gasteiger partial charge in [0.25, 0.3) is 5.91 Å². The molecule has 0 spiro atoms. The summed E-state index contributed by atoms with van der Waals surface area (Å²) in [6, 6.07) is 0. The summed E-state index contributed by atoms with van der Waals surface area (Å²) in [5.74, 6) is -0.0942. The van der Waals surface area contributed by atoms with E-state index in [2.05, 4.69) is 24.2 Å². The number of aromatic nitrogens is 3. The van der Waals surface area contributed by atoms with Gasteiger partial charge in [-0.3, -0.25) is 9.59 Å². The lowest BCUT2D eigenvalue weighted by Gasteiger charge is -2.16. The maximum Gasteiger partial charge on any atom is 0.325 e. The third-order valence-corrected chi connectivity index (χ3v) is 3.51. The number of rotatable bonds is 4. The highest BCUT2D eigenvalue weighted by Gasteiger charge is 2.29. The van der Waals surface area contributed by atoms with Crippen LogP contribution in [0.1, 0.15) is 30.8 Å². The van der Waals surface area contributed by atoms with Crippen LogP contribution >= 0.6 is 0 Å². The fraction of sp³-hybridized carbons (Fsp3) is 0.667. The molecule has 1 aliphatic rings. The van der Waals surface area contributed by atoms with E-state index < -0.39 is 5.97 Å². The lowest BCUT2D eigenvalue weighted by Crippen LogP contribution is -2.29. The molecule has 0 radical (unpaired) electrons. The molecule has 1 N–H and O–H groups in total. The number of carbonyl (C=O) groups is 2. The summed E-state index contributed by atoms with van der Waals surface area (Å²) in [5.41, 5.74) is 0.214. The minimum absolute atomic E-state index is 0.167. The van der Waals surface area contributed by atoms with Gasteiger partial charge in [0.15, 0.2) is 5.69 Å². The smallest absolute Gasteiger partial charge is 0.325 e. The molecular weight excluding hydrogens is 248 g/mol. The molecule has 0 aromatic carbocycles. The van der Waals surface area contributed by atoms with E-state index in [1.165, 1.54) is 6.20 Å². The molecule has 19 heavy (non-hydrogen) atoms. The fourth-order valence-electron chi connectivity index (χ4n) is 2.29.